The summed E-state index contributed by atoms with van der Waals surface area (Å²) in [6.07, 6.45) is 0. The molecule has 0 radical (unpaired) electrons. The van der Waals surface area contributed by atoms with Crippen LogP contribution in [0.1, 0.15) is 25.0 Å². The molecule has 1 rings (SSSR count). The number of primary sulfonamides is 1. The molecular weight excluding hydrogens is 278 g/mol. The van der Waals surface area contributed by atoms with Crippen molar-refractivity contribution >= 4 is 21.7 Å². The first kappa shape index (κ1) is 16.5. The average Bonchev–Trinajstić information content (AvgIpc) is 2.34. The second kappa shape index (κ2) is 6.23. The molecular formula is C13H21N3O3S. The maximum atomic E-state index is 12.0. The summed E-state index contributed by atoms with van der Waals surface area (Å²) >= 11 is 0. The van der Waals surface area contributed by atoms with E-state index >= 15 is 0 Å². The minimum Gasteiger partial charge on any atom is -0.325 e. The SMILES string of the molecule is CCN(CC)C(=O)Nc1cc(S(N)(=O)=O)cc(C)c1C. The number of anilines is 1. The molecule has 0 unspecified atom stereocenters. The van der Waals surface area contributed by atoms with E-state index in [4.69, 9.17) is 5.14 Å². The molecule has 0 fully saturated rings. The van der Waals surface area contributed by atoms with Gasteiger partial charge in [0, 0.05) is 18.8 Å². The number of amides is 2. The van der Waals surface area contributed by atoms with Crippen LogP contribution < -0.4 is 10.5 Å². The molecule has 0 aliphatic rings. The Kier molecular flexibility index (Phi) is 5.13. The number of nitrogens with two attached hydrogens (primary N) is 1. The molecule has 0 saturated heterocycles. The van der Waals surface area contributed by atoms with Crippen LogP contribution in [0.4, 0.5) is 10.5 Å². The number of urea groups is 1. The van der Waals surface area contributed by atoms with E-state index in [9.17, 15) is 13.2 Å². The lowest BCUT2D eigenvalue weighted by Crippen LogP contribution is -2.34. The summed E-state index contributed by atoms with van der Waals surface area (Å²) in [5.74, 6) is 0. The minimum atomic E-state index is -3.80. The third-order valence-electron chi connectivity index (χ3n) is 3.26. The second-order valence-corrected chi connectivity index (χ2v) is 6.12. The number of sulfonamides is 1. The van der Waals surface area contributed by atoms with Crippen molar-refractivity contribution < 1.29 is 13.2 Å². The maximum Gasteiger partial charge on any atom is 0.321 e. The quantitative estimate of drug-likeness (QED) is 0.888. The fourth-order valence-electron chi connectivity index (χ4n) is 1.83. The van der Waals surface area contributed by atoms with Gasteiger partial charge in [0.05, 0.1) is 4.90 Å². The van der Waals surface area contributed by atoms with Gasteiger partial charge in [0.25, 0.3) is 0 Å². The van der Waals surface area contributed by atoms with E-state index < -0.39 is 10.0 Å². The molecule has 0 heterocycles. The van der Waals surface area contributed by atoms with Crippen LogP contribution >= 0.6 is 0 Å². The number of aryl methyl sites for hydroxylation is 1. The highest BCUT2D eigenvalue weighted by Crippen LogP contribution is 2.23. The van der Waals surface area contributed by atoms with Crippen LogP contribution in [0.2, 0.25) is 0 Å². The normalized spacial score (nSPS) is 11.2. The van der Waals surface area contributed by atoms with Crippen molar-refractivity contribution in [1.82, 2.24) is 4.90 Å². The highest BCUT2D eigenvalue weighted by molar-refractivity contribution is 7.89. The number of benzene rings is 1. The number of nitrogens with one attached hydrogen (secondary N) is 1. The molecule has 0 aromatic heterocycles. The fraction of sp³-hybridized carbons (Fsp3) is 0.462. The predicted octanol–water partition coefficient (Wildman–Crippen LogP) is 1.82. The average molecular weight is 299 g/mol. The van der Waals surface area contributed by atoms with Crippen LogP contribution in [0.25, 0.3) is 0 Å². The van der Waals surface area contributed by atoms with Gasteiger partial charge in [-0.1, -0.05) is 0 Å². The first-order chi connectivity index (χ1) is 9.20. The zero-order valence-electron chi connectivity index (χ0n) is 12.2. The van der Waals surface area contributed by atoms with Crippen molar-refractivity contribution in [3.8, 4) is 0 Å². The van der Waals surface area contributed by atoms with Crippen LogP contribution in [0, 0.1) is 13.8 Å². The molecule has 3 N–H and O–H groups in total. The topological polar surface area (TPSA) is 92.5 Å². The van der Waals surface area contributed by atoms with Crippen LogP contribution in [0.5, 0.6) is 0 Å². The van der Waals surface area contributed by atoms with Gasteiger partial charge in [0.15, 0.2) is 0 Å². The van der Waals surface area contributed by atoms with Gasteiger partial charge in [-0.05, 0) is 51.0 Å². The van der Waals surface area contributed by atoms with E-state index in [1.54, 1.807) is 11.8 Å². The third-order valence-corrected chi connectivity index (χ3v) is 4.15. The Morgan fingerprint density at radius 2 is 1.80 bits per heavy atom. The molecule has 1 aromatic rings. The van der Waals surface area contributed by atoms with Crippen LogP contribution in [-0.2, 0) is 10.0 Å². The molecule has 0 saturated carbocycles. The molecule has 20 heavy (non-hydrogen) atoms. The van der Waals surface area contributed by atoms with E-state index in [1.807, 2.05) is 20.8 Å². The number of hydrogen-bond acceptors (Lipinski definition) is 3. The molecule has 0 aliphatic heterocycles. The molecule has 0 spiro atoms. The Bertz CT molecular complexity index is 608. The molecule has 112 valence electrons. The number of nitrogens with zero attached hydrogens (tertiary/aromatic N) is 1. The molecule has 0 atom stereocenters. The summed E-state index contributed by atoms with van der Waals surface area (Å²) in [5, 5.41) is 7.87. The Labute approximate surface area is 120 Å². The van der Waals surface area contributed by atoms with Crippen LogP contribution in [0.15, 0.2) is 17.0 Å². The number of hydrogen-bond donors (Lipinski definition) is 2. The molecule has 2 amide bonds. The Morgan fingerprint density at radius 3 is 2.25 bits per heavy atom. The van der Waals surface area contributed by atoms with Gasteiger partial charge >= 0.3 is 6.03 Å². The minimum absolute atomic E-state index is 0.00422. The van der Waals surface area contributed by atoms with Crippen molar-refractivity contribution in [1.29, 1.82) is 0 Å². The summed E-state index contributed by atoms with van der Waals surface area (Å²) in [6.45, 7) is 8.51. The monoisotopic (exact) mass is 299 g/mol. The highest BCUT2D eigenvalue weighted by Gasteiger charge is 2.16. The Hall–Kier alpha value is -1.60. The summed E-state index contributed by atoms with van der Waals surface area (Å²) in [6, 6.07) is 2.63. The number of carbonyl (C=O) groups excluding carboxylic acids is 1. The van der Waals surface area contributed by atoms with E-state index in [0.717, 1.165) is 11.1 Å². The van der Waals surface area contributed by atoms with Gasteiger partial charge < -0.3 is 10.2 Å². The molecule has 0 bridgehead atoms. The lowest BCUT2D eigenvalue weighted by Gasteiger charge is -2.20. The summed E-state index contributed by atoms with van der Waals surface area (Å²) in [4.78, 5) is 13.6. The van der Waals surface area contributed by atoms with Crippen molar-refractivity contribution in [2.24, 2.45) is 5.14 Å². The maximum absolute atomic E-state index is 12.0. The van der Waals surface area contributed by atoms with Gasteiger partial charge in [0.1, 0.15) is 0 Å². The predicted molar refractivity (Wildman–Crippen MR) is 79.2 cm³/mol. The largest absolute Gasteiger partial charge is 0.325 e. The summed E-state index contributed by atoms with van der Waals surface area (Å²) < 4.78 is 22.9. The number of rotatable bonds is 4. The lowest BCUT2D eigenvalue weighted by molar-refractivity contribution is 0.217. The van der Waals surface area contributed by atoms with E-state index in [2.05, 4.69) is 5.32 Å². The standard InChI is InChI=1S/C13H21N3O3S/c1-5-16(6-2)13(17)15-12-8-11(20(14,18)19)7-9(3)10(12)4/h7-8H,5-6H2,1-4H3,(H,15,17)(H2,14,18,19). The highest BCUT2D eigenvalue weighted by atomic mass is 32.2. The smallest absolute Gasteiger partial charge is 0.321 e. The summed E-state index contributed by atoms with van der Waals surface area (Å²) in [7, 11) is -3.80. The van der Waals surface area contributed by atoms with Gasteiger partial charge in [0.2, 0.25) is 10.0 Å². The van der Waals surface area contributed by atoms with Crippen LogP contribution in [0.3, 0.4) is 0 Å². The zero-order valence-corrected chi connectivity index (χ0v) is 13.0. The van der Waals surface area contributed by atoms with Crippen molar-refractivity contribution in [3.05, 3.63) is 23.3 Å². The van der Waals surface area contributed by atoms with Crippen molar-refractivity contribution in [2.45, 2.75) is 32.6 Å². The van der Waals surface area contributed by atoms with Crippen molar-refractivity contribution in [2.75, 3.05) is 18.4 Å². The van der Waals surface area contributed by atoms with E-state index in [-0.39, 0.29) is 10.9 Å². The Balaban J connectivity index is 3.19. The van der Waals surface area contributed by atoms with E-state index in [1.165, 1.54) is 12.1 Å². The lowest BCUT2D eigenvalue weighted by atomic mass is 10.1. The number of carbonyl (C=O) groups is 1. The van der Waals surface area contributed by atoms with Gasteiger partial charge in [-0.15, -0.1) is 0 Å². The van der Waals surface area contributed by atoms with Gasteiger partial charge in [-0.25, -0.2) is 18.4 Å². The van der Waals surface area contributed by atoms with Gasteiger partial charge in [-0.3, -0.25) is 0 Å². The fourth-order valence-corrected chi connectivity index (χ4v) is 2.45. The zero-order chi connectivity index (χ0) is 15.5. The second-order valence-electron chi connectivity index (χ2n) is 4.56. The first-order valence-corrected chi connectivity index (χ1v) is 7.95. The molecule has 6 nitrogen and oxygen atoms in total. The van der Waals surface area contributed by atoms with E-state index in [0.29, 0.717) is 18.8 Å². The van der Waals surface area contributed by atoms with Gasteiger partial charge in [-0.2, -0.15) is 0 Å². The third kappa shape index (κ3) is 3.71. The first-order valence-electron chi connectivity index (χ1n) is 6.40. The molecule has 7 heteroatoms. The molecule has 0 aliphatic carbocycles. The summed E-state index contributed by atoms with van der Waals surface area (Å²) in [5.41, 5.74) is 2.04. The van der Waals surface area contributed by atoms with Crippen molar-refractivity contribution in [3.63, 3.8) is 0 Å². The Morgan fingerprint density at radius 1 is 1.25 bits per heavy atom. The van der Waals surface area contributed by atoms with Crippen LogP contribution in [-0.4, -0.2) is 32.4 Å². The molecule has 1 aromatic carbocycles.